The Morgan fingerprint density at radius 3 is 2.15 bits per heavy atom. The molecule has 0 saturated heterocycles. The fourth-order valence-corrected chi connectivity index (χ4v) is 0.825. The topological polar surface area (TPSA) is 52.6 Å². The smallest absolute Gasteiger partial charge is 0.379 e. The number of ether oxygens (including phenoxy) is 1. The summed E-state index contributed by atoms with van der Waals surface area (Å²) < 4.78 is 63.6. The number of hydrogen-bond donors (Lipinski definition) is 0. The fourth-order valence-electron chi connectivity index (χ4n) is 0.320. The highest BCUT2D eigenvalue weighted by Crippen LogP contribution is 2.24. The number of halogens is 3. The highest BCUT2D eigenvalue weighted by molar-refractivity contribution is 7.87. The summed E-state index contributed by atoms with van der Waals surface area (Å²) in [4.78, 5) is 0. The monoisotopic (exact) mass is 222 g/mol. The summed E-state index contributed by atoms with van der Waals surface area (Å²) >= 11 is 0. The van der Waals surface area contributed by atoms with Crippen LogP contribution < -0.4 is 0 Å². The van der Waals surface area contributed by atoms with Crippen molar-refractivity contribution in [2.24, 2.45) is 0 Å². The van der Waals surface area contributed by atoms with Crippen molar-refractivity contribution < 1.29 is 30.5 Å². The molecule has 0 aliphatic heterocycles. The molecular formula is C5H9F3O4S. The standard InChI is InChI=1S/C5H9F3O4S/c1-4(11-2)3-12-13(9,10)5(6,7)8/h4H,3H2,1-2H3. The van der Waals surface area contributed by atoms with Crippen LogP contribution in [-0.4, -0.2) is 33.7 Å². The Labute approximate surface area is 73.8 Å². The normalized spacial score (nSPS) is 15.8. The molecule has 0 heterocycles. The number of hydrogen-bond acceptors (Lipinski definition) is 4. The first-order valence-corrected chi connectivity index (χ1v) is 4.60. The van der Waals surface area contributed by atoms with E-state index in [2.05, 4.69) is 8.92 Å². The Hall–Kier alpha value is -0.340. The number of methoxy groups -OCH3 is 1. The molecular weight excluding hydrogens is 213 g/mol. The van der Waals surface area contributed by atoms with Crippen LogP contribution in [0.15, 0.2) is 0 Å². The molecule has 0 spiro atoms. The van der Waals surface area contributed by atoms with E-state index in [1.165, 1.54) is 14.0 Å². The highest BCUT2D eigenvalue weighted by atomic mass is 32.2. The van der Waals surface area contributed by atoms with Gasteiger partial charge in [0, 0.05) is 7.11 Å². The Kier molecular flexibility index (Phi) is 4.14. The molecule has 13 heavy (non-hydrogen) atoms. The van der Waals surface area contributed by atoms with Gasteiger partial charge in [-0.05, 0) is 6.92 Å². The van der Waals surface area contributed by atoms with Gasteiger partial charge in [0.2, 0.25) is 0 Å². The van der Waals surface area contributed by atoms with Crippen LogP contribution in [0.3, 0.4) is 0 Å². The Balaban J connectivity index is 4.22. The molecule has 8 heteroatoms. The molecule has 1 unspecified atom stereocenters. The predicted octanol–water partition coefficient (Wildman–Crippen LogP) is 0.888. The molecule has 80 valence electrons. The van der Waals surface area contributed by atoms with E-state index in [9.17, 15) is 21.6 Å². The van der Waals surface area contributed by atoms with Gasteiger partial charge in [0.25, 0.3) is 0 Å². The van der Waals surface area contributed by atoms with Gasteiger partial charge in [-0.2, -0.15) is 21.6 Å². The van der Waals surface area contributed by atoms with Crippen LogP contribution in [0.1, 0.15) is 6.92 Å². The van der Waals surface area contributed by atoms with E-state index in [1.807, 2.05) is 0 Å². The third-order valence-electron chi connectivity index (χ3n) is 1.14. The molecule has 0 aromatic carbocycles. The van der Waals surface area contributed by atoms with Crippen LogP contribution in [0, 0.1) is 0 Å². The van der Waals surface area contributed by atoms with Gasteiger partial charge < -0.3 is 4.74 Å². The minimum atomic E-state index is -5.48. The van der Waals surface area contributed by atoms with Crippen molar-refractivity contribution in [3.05, 3.63) is 0 Å². The Morgan fingerprint density at radius 1 is 1.38 bits per heavy atom. The largest absolute Gasteiger partial charge is 0.523 e. The molecule has 0 bridgehead atoms. The molecule has 0 aromatic rings. The second-order valence-corrected chi connectivity index (χ2v) is 3.84. The average molecular weight is 222 g/mol. The van der Waals surface area contributed by atoms with Gasteiger partial charge >= 0.3 is 15.6 Å². The van der Waals surface area contributed by atoms with E-state index < -0.39 is 28.3 Å². The van der Waals surface area contributed by atoms with Crippen LogP contribution in [-0.2, 0) is 19.0 Å². The first-order valence-electron chi connectivity index (χ1n) is 3.19. The molecule has 0 aliphatic carbocycles. The molecule has 4 nitrogen and oxygen atoms in total. The van der Waals surface area contributed by atoms with Crippen molar-refractivity contribution in [2.75, 3.05) is 13.7 Å². The van der Waals surface area contributed by atoms with Crippen molar-refractivity contribution in [1.29, 1.82) is 0 Å². The second-order valence-electron chi connectivity index (χ2n) is 2.23. The predicted molar refractivity (Wildman–Crippen MR) is 37.4 cm³/mol. The summed E-state index contributed by atoms with van der Waals surface area (Å²) in [6.07, 6.45) is -0.711. The van der Waals surface area contributed by atoms with Crippen LogP contribution in [0.25, 0.3) is 0 Å². The molecule has 0 fully saturated rings. The first kappa shape index (κ1) is 12.7. The third kappa shape index (κ3) is 3.92. The zero-order valence-corrected chi connectivity index (χ0v) is 7.78. The molecule has 0 aromatic heterocycles. The molecule has 0 saturated carbocycles. The van der Waals surface area contributed by atoms with Gasteiger partial charge in [-0.25, -0.2) is 0 Å². The lowest BCUT2D eigenvalue weighted by atomic mass is 10.4. The maximum absolute atomic E-state index is 11.6. The molecule has 0 radical (unpaired) electrons. The number of alkyl halides is 3. The van der Waals surface area contributed by atoms with Crippen LogP contribution in [0.4, 0.5) is 13.2 Å². The zero-order chi connectivity index (χ0) is 10.7. The summed E-state index contributed by atoms with van der Waals surface area (Å²) in [5, 5.41) is 0. The molecule has 0 rings (SSSR count). The third-order valence-corrected chi connectivity index (χ3v) is 2.16. The minimum Gasteiger partial charge on any atom is -0.379 e. The SMILES string of the molecule is COC(C)COS(=O)(=O)C(F)(F)F. The summed E-state index contributed by atoms with van der Waals surface area (Å²) in [6.45, 7) is 0.726. The summed E-state index contributed by atoms with van der Waals surface area (Å²) in [5.74, 6) is 0. The van der Waals surface area contributed by atoms with E-state index in [-0.39, 0.29) is 0 Å². The van der Waals surface area contributed by atoms with E-state index in [1.54, 1.807) is 0 Å². The van der Waals surface area contributed by atoms with Gasteiger partial charge in [0.1, 0.15) is 0 Å². The first-order chi connectivity index (χ1) is 5.70. The summed E-state index contributed by atoms with van der Waals surface area (Å²) in [7, 11) is -4.25. The van der Waals surface area contributed by atoms with E-state index in [0.29, 0.717) is 0 Å². The maximum atomic E-state index is 11.6. The molecule has 0 amide bonds. The van der Waals surface area contributed by atoms with E-state index in [4.69, 9.17) is 0 Å². The van der Waals surface area contributed by atoms with Gasteiger partial charge in [0.15, 0.2) is 0 Å². The van der Waals surface area contributed by atoms with Gasteiger partial charge in [-0.15, -0.1) is 0 Å². The second kappa shape index (κ2) is 4.25. The fraction of sp³-hybridized carbons (Fsp3) is 1.00. The number of rotatable bonds is 4. The lowest BCUT2D eigenvalue weighted by molar-refractivity contribution is -0.0569. The van der Waals surface area contributed by atoms with Gasteiger partial charge in [0.05, 0.1) is 12.7 Å². The zero-order valence-electron chi connectivity index (χ0n) is 6.96. The molecule has 1 atom stereocenters. The van der Waals surface area contributed by atoms with E-state index >= 15 is 0 Å². The average Bonchev–Trinajstić information content (AvgIpc) is 1.98. The van der Waals surface area contributed by atoms with Crippen molar-refractivity contribution in [2.45, 2.75) is 18.5 Å². The van der Waals surface area contributed by atoms with Crippen LogP contribution in [0.2, 0.25) is 0 Å². The summed E-state index contributed by atoms with van der Waals surface area (Å²) in [6, 6.07) is 0. The quantitative estimate of drug-likeness (QED) is 0.523. The Morgan fingerprint density at radius 2 is 1.85 bits per heavy atom. The molecule has 0 aliphatic rings. The lowest BCUT2D eigenvalue weighted by Crippen LogP contribution is -2.28. The van der Waals surface area contributed by atoms with Crippen LogP contribution in [0.5, 0.6) is 0 Å². The molecule has 0 N–H and O–H groups in total. The highest BCUT2D eigenvalue weighted by Gasteiger charge is 2.47. The van der Waals surface area contributed by atoms with Crippen LogP contribution >= 0.6 is 0 Å². The van der Waals surface area contributed by atoms with Gasteiger partial charge in [-0.1, -0.05) is 0 Å². The maximum Gasteiger partial charge on any atom is 0.523 e. The minimum absolute atomic E-state index is 0.654. The van der Waals surface area contributed by atoms with Crippen molar-refractivity contribution in [3.8, 4) is 0 Å². The van der Waals surface area contributed by atoms with Crippen molar-refractivity contribution in [1.82, 2.24) is 0 Å². The van der Waals surface area contributed by atoms with Crippen molar-refractivity contribution >= 4 is 10.1 Å². The lowest BCUT2D eigenvalue weighted by Gasteiger charge is -2.11. The van der Waals surface area contributed by atoms with E-state index in [0.717, 1.165) is 0 Å². The summed E-state index contributed by atoms with van der Waals surface area (Å²) in [5.41, 5.74) is -5.37. The van der Waals surface area contributed by atoms with Crippen molar-refractivity contribution in [3.63, 3.8) is 0 Å². The Bertz CT molecular complexity index is 245. The van der Waals surface area contributed by atoms with Gasteiger partial charge in [-0.3, -0.25) is 4.18 Å².